The molecular formula is C27H28O6. The van der Waals surface area contributed by atoms with E-state index in [4.69, 9.17) is 18.9 Å². The monoisotopic (exact) mass is 448 g/mol. The van der Waals surface area contributed by atoms with Crippen molar-refractivity contribution in [1.82, 2.24) is 0 Å². The van der Waals surface area contributed by atoms with Crippen LogP contribution in [0.5, 0.6) is 17.2 Å². The first-order chi connectivity index (χ1) is 16.0. The zero-order valence-corrected chi connectivity index (χ0v) is 19.1. The molecule has 3 aromatic carbocycles. The van der Waals surface area contributed by atoms with E-state index < -0.39 is 11.9 Å². The van der Waals surface area contributed by atoms with Crippen LogP contribution in [0.4, 0.5) is 0 Å². The maximum Gasteiger partial charge on any atom is 0.343 e. The fraction of sp³-hybridized carbons (Fsp3) is 0.259. The molecule has 3 rings (SSSR count). The highest BCUT2D eigenvalue weighted by atomic mass is 16.5. The van der Waals surface area contributed by atoms with Gasteiger partial charge in [-0.25, -0.2) is 9.59 Å². The Morgan fingerprint density at radius 3 is 1.64 bits per heavy atom. The summed E-state index contributed by atoms with van der Waals surface area (Å²) in [6.07, 6.45) is 1.81. The molecule has 33 heavy (non-hydrogen) atoms. The van der Waals surface area contributed by atoms with Gasteiger partial charge in [-0.15, -0.1) is 0 Å². The van der Waals surface area contributed by atoms with Gasteiger partial charge < -0.3 is 18.9 Å². The maximum atomic E-state index is 12.4. The molecule has 3 aromatic rings. The summed E-state index contributed by atoms with van der Waals surface area (Å²) in [6.45, 7) is 4.56. The predicted octanol–water partition coefficient (Wildman–Crippen LogP) is 5.49. The minimum Gasteiger partial charge on any atom is -0.493 e. The van der Waals surface area contributed by atoms with E-state index >= 15 is 0 Å². The molecule has 0 saturated heterocycles. The second kappa shape index (κ2) is 11.8. The van der Waals surface area contributed by atoms with E-state index in [1.165, 1.54) is 5.56 Å². The largest absolute Gasteiger partial charge is 0.493 e. The molecular weight excluding hydrogens is 420 g/mol. The number of benzene rings is 3. The van der Waals surface area contributed by atoms with E-state index in [-0.39, 0.29) is 6.10 Å². The molecule has 0 radical (unpaired) electrons. The highest BCUT2D eigenvalue weighted by Crippen LogP contribution is 2.19. The topological polar surface area (TPSA) is 71.1 Å². The molecule has 1 unspecified atom stereocenters. The molecule has 172 valence electrons. The van der Waals surface area contributed by atoms with Crippen LogP contribution in [-0.2, 0) is 11.2 Å². The summed E-state index contributed by atoms with van der Waals surface area (Å²) in [4.78, 5) is 24.7. The van der Waals surface area contributed by atoms with Gasteiger partial charge in [-0.2, -0.15) is 0 Å². The van der Waals surface area contributed by atoms with E-state index in [9.17, 15) is 9.59 Å². The van der Waals surface area contributed by atoms with Crippen molar-refractivity contribution >= 4 is 11.9 Å². The van der Waals surface area contributed by atoms with Crippen LogP contribution >= 0.6 is 0 Å². The Balaban J connectivity index is 1.52. The summed E-state index contributed by atoms with van der Waals surface area (Å²) >= 11 is 0. The highest BCUT2D eigenvalue weighted by Gasteiger charge is 2.12. The van der Waals surface area contributed by atoms with Crippen molar-refractivity contribution in [1.29, 1.82) is 0 Å². The second-order valence-corrected chi connectivity index (χ2v) is 7.51. The molecule has 0 aliphatic rings. The first kappa shape index (κ1) is 24.0. The van der Waals surface area contributed by atoms with Crippen molar-refractivity contribution in [3.05, 3.63) is 89.5 Å². The van der Waals surface area contributed by atoms with Crippen molar-refractivity contribution in [3.8, 4) is 17.2 Å². The first-order valence-corrected chi connectivity index (χ1v) is 10.9. The number of hydrogen-bond acceptors (Lipinski definition) is 6. The average Bonchev–Trinajstić information content (AvgIpc) is 2.85. The molecule has 0 aromatic heterocycles. The SMILES string of the molecule is CCc1ccc(OC(=O)c2ccc(OC(=O)c3ccc(OCCC(C)OC)cc3)cc2)cc1. The zero-order chi connectivity index (χ0) is 23.6. The maximum absolute atomic E-state index is 12.4. The minimum absolute atomic E-state index is 0.125. The van der Waals surface area contributed by atoms with Gasteiger partial charge in [0.15, 0.2) is 0 Å². The lowest BCUT2D eigenvalue weighted by molar-refractivity contribution is 0.0730. The molecule has 0 spiro atoms. The van der Waals surface area contributed by atoms with Crippen LogP contribution in [0.15, 0.2) is 72.8 Å². The Morgan fingerprint density at radius 2 is 1.18 bits per heavy atom. The molecule has 6 nitrogen and oxygen atoms in total. The molecule has 0 saturated carbocycles. The van der Waals surface area contributed by atoms with E-state index in [1.807, 2.05) is 19.1 Å². The summed E-state index contributed by atoms with van der Waals surface area (Å²) in [5, 5.41) is 0. The van der Waals surface area contributed by atoms with Gasteiger partial charge in [-0.1, -0.05) is 19.1 Å². The predicted molar refractivity (Wildman–Crippen MR) is 125 cm³/mol. The molecule has 0 aliphatic heterocycles. The fourth-order valence-electron chi connectivity index (χ4n) is 2.93. The zero-order valence-electron chi connectivity index (χ0n) is 19.1. The van der Waals surface area contributed by atoms with Crippen LogP contribution in [0.2, 0.25) is 0 Å². The minimum atomic E-state index is -0.499. The Kier molecular flexibility index (Phi) is 8.61. The molecule has 0 fully saturated rings. The van der Waals surface area contributed by atoms with Crippen molar-refractivity contribution in [2.75, 3.05) is 13.7 Å². The van der Waals surface area contributed by atoms with Crippen molar-refractivity contribution in [2.24, 2.45) is 0 Å². The first-order valence-electron chi connectivity index (χ1n) is 10.9. The van der Waals surface area contributed by atoms with Gasteiger partial charge in [0.25, 0.3) is 0 Å². The van der Waals surface area contributed by atoms with Gasteiger partial charge in [0, 0.05) is 13.5 Å². The van der Waals surface area contributed by atoms with Crippen LogP contribution in [0.25, 0.3) is 0 Å². The fourth-order valence-corrected chi connectivity index (χ4v) is 2.93. The Labute approximate surface area is 194 Å². The van der Waals surface area contributed by atoms with Crippen LogP contribution < -0.4 is 14.2 Å². The Bertz CT molecular complexity index is 1040. The molecule has 6 heteroatoms. The number of ether oxygens (including phenoxy) is 4. The molecule has 0 heterocycles. The van der Waals surface area contributed by atoms with Gasteiger partial charge in [0.2, 0.25) is 0 Å². The average molecular weight is 449 g/mol. The summed E-state index contributed by atoms with van der Waals surface area (Å²) in [7, 11) is 1.66. The van der Waals surface area contributed by atoms with Gasteiger partial charge in [0.1, 0.15) is 17.2 Å². The molecule has 0 amide bonds. The quantitative estimate of drug-likeness (QED) is 0.302. The summed E-state index contributed by atoms with van der Waals surface area (Å²) < 4.78 is 21.6. The highest BCUT2D eigenvalue weighted by molar-refractivity contribution is 5.92. The molecule has 1 atom stereocenters. The van der Waals surface area contributed by atoms with Crippen LogP contribution in [0.1, 0.15) is 46.5 Å². The second-order valence-electron chi connectivity index (χ2n) is 7.51. The van der Waals surface area contributed by atoms with Gasteiger partial charge in [-0.05, 0) is 79.6 Å². The van der Waals surface area contributed by atoms with Crippen molar-refractivity contribution in [3.63, 3.8) is 0 Å². The van der Waals surface area contributed by atoms with Gasteiger partial charge >= 0.3 is 11.9 Å². The number of carbonyl (C=O) groups is 2. The third-order valence-corrected chi connectivity index (χ3v) is 5.13. The third-order valence-electron chi connectivity index (χ3n) is 5.13. The lowest BCUT2D eigenvalue weighted by Gasteiger charge is -2.11. The van der Waals surface area contributed by atoms with Crippen molar-refractivity contribution < 1.29 is 28.5 Å². The van der Waals surface area contributed by atoms with Crippen LogP contribution in [0, 0.1) is 0 Å². The van der Waals surface area contributed by atoms with Crippen LogP contribution in [-0.4, -0.2) is 31.8 Å². The Hall–Kier alpha value is -3.64. The standard InChI is InChI=1S/C27H28O6/c1-4-20-5-11-24(12-6-20)32-27(29)22-9-15-25(16-10-22)33-26(28)21-7-13-23(14-8-21)31-18-17-19(2)30-3/h5-16,19H,4,17-18H2,1-3H3. The summed E-state index contributed by atoms with van der Waals surface area (Å²) in [5.74, 6) is 0.502. The Morgan fingerprint density at radius 1 is 0.727 bits per heavy atom. The number of carbonyl (C=O) groups excluding carboxylic acids is 2. The van der Waals surface area contributed by atoms with Gasteiger partial charge in [-0.3, -0.25) is 0 Å². The number of hydrogen-bond donors (Lipinski definition) is 0. The number of methoxy groups -OCH3 is 1. The molecule has 0 N–H and O–H groups in total. The smallest absolute Gasteiger partial charge is 0.343 e. The molecule has 0 aliphatic carbocycles. The number of rotatable bonds is 10. The lowest BCUT2D eigenvalue weighted by atomic mass is 10.2. The normalized spacial score (nSPS) is 11.5. The third kappa shape index (κ3) is 7.19. The summed E-state index contributed by atoms with van der Waals surface area (Å²) in [5.41, 5.74) is 1.92. The van der Waals surface area contributed by atoms with E-state index in [0.717, 1.165) is 12.8 Å². The van der Waals surface area contributed by atoms with E-state index in [0.29, 0.717) is 35.0 Å². The molecule has 0 bridgehead atoms. The van der Waals surface area contributed by atoms with Crippen LogP contribution in [0.3, 0.4) is 0 Å². The number of aryl methyl sites for hydroxylation is 1. The van der Waals surface area contributed by atoms with E-state index in [2.05, 4.69) is 6.92 Å². The summed E-state index contributed by atoms with van der Waals surface area (Å²) in [6, 6.07) is 20.4. The van der Waals surface area contributed by atoms with Gasteiger partial charge in [0.05, 0.1) is 23.8 Å². The number of esters is 2. The lowest BCUT2D eigenvalue weighted by Crippen LogP contribution is -2.11. The van der Waals surface area contributed by atoms with Crippen molar-refractivity contribution in [2.45, 2.75) is 32.8 Å². The van der Waals surface area contributed by atoms with E-state index in [1.54, 1.807) is 67.8 Å².